The standard InChI is InChI=1S/C13H13ClO3/c1-13(2,3)17-12(15)10-7-16-11-5-4-8(14)6-9(10)11/h4-7H,1-3H3. The van der Waals surface area contributed by atoms with Crippen LogP contribution >= 0.6 is 11.6 Å². The first-order valence-corrected chi connectivity index (χ1v) is 5.65. The number of halogens is 1. The molecule has 0 atom stereocenters. The predicted octanol–water partition coefficient (Wildman–Crippen LogP) is 4.04. The molecule has 0 spiro atoms. The van der Waals surface area contributed by atoms with Gasteiger partial charge in [-0.3, -0.25) is 0 Å². The number of ether oxygens (including phenoxy) is 1. The molecule has 0 bridgehead atoms. The number of esters is 1. The molecule has 0 aliphatic carbocycles. The van der Waals surface area contributed by atoms with Crippen LogP contribution in [-0.2, 0) is 4.74 Å². The molecular weight excluding hydrogens is 240 g/mol. The summed E-state index contributed by atoms with van der Waals surface area (Å²) in [6, 6.07) is 5.14. The lowest BCUT2D eigenvalue weighted by atomic mass is 10.1. The maximum atomic E-state index is 11.9. The molecule has 17 heavy (non-hydrogen) atoms. The van der Waals surface area contributed by atoms with E-state index in [4.69, 9.17) is 20.8 Å². The van der Waals surface area contributed by atoms with Crippen molar-refractivity contribution in [1.82, 2.24) is 0 Å². The highest BCUT2D eigenvalue weighted by Gasteiger charge is 2.21. The van der Waals surface area contributed by atoms with E-state index < -0.39 is 11.6 Å². The highest BCUT2D eigenvalue weighted by Crippen LogP contribution is 2.26. The molecule has 0 aliphatic rings. The monoisotopic (exact) mass is 252 g/mol. The molecule has 0 fully saturated rings. The van der Waals surface area contributed by atoms with E-state index in [1.807, 2.05) is 20.8 Å². The van der Waals surface area contributed by atoms with Crippen molar-refractivity contribution in [3.05, 3.63) is 35.0 Å². The predicted molar refractivity (Wildman–Crippen MR) is 66.4 cm³/mol. The fraction of sp³-hybridized carbons (Fsp3) is 0.308. The van der Waals surface area contributed by atoms with Crippen molar-refractivity contribution in [2.75, 3.05) is 0 Å². The molecule has 0 aliphatic heterocycles. The fourth-order valence-corrected chi connectivity index (χ4v) is 1.66. The third kappa shape index (κ3) is 2.61. The molecule has 1 heterocycles. The quantitative estimate of drug-likeness (QED) is 0.719. The lowest BCUT2D eigenvalue weighted by Crippen LogP contribution is -2.23. The van der Waals surface area contributed by atoms with Crippen molar-refractivity contribution in [3.63, 3.8) is 0 Å². The van der Waals surface area contributed by atoms with Crippen molar-refractivity contribution in [1.29, 1.82) is 0 Å². The summed E-state index contributed by atoms with van der Waals surface area (Å²) in [7, 11) is 0. The molecule has 2 rings (SSSR count). The van der Waals surface area contributed by atoms with E-state index in [9.17, 15) is 4.79 Å². The van der Waals surface area contributed by atoms with Gasteiger partial charge in [-0.15, -0.1) is 0 Å². The number of fused-ring (bicyclic) bond motifs is 1. The second kappa shape index (κ2) is 4.08. The Morgan fingerprint density at radius 3 is 2.71 bits per heavy atom. The maximum absolute atomic E-state index is 11.9. The summed E-state index contributed by atoms with van der Waals surface area (Å²) >= 11 is 5.89. The Balaban J connectivity index is 2.42. The Hall–Kier alpha value is -1.48. The minimum absolute atomic E-state index is 0.400. The van der Waals surface area contributed by atoms with E-state index in [0.29, 0.717) is 21.6 Å². The average molecular weight is 253 g/mol. The van der Waals surface area contributed by atoms with Crippen LogP contribution in [0, 0.1) is 0 Å². The summed E-state index contributed by atoms with van der Waals surface area (Å²) in [4.78, 5) is 11.9. The van der Waals surface area contributed by atoms with Crippen molar-refractivity contribution < 1.29 is 13.9 Å². The molecule has 0 amide bonds. The molecule has 0 saturated carbocycles. The normalized spacial score (nSPS) is 11.8. The zero-order chi connectivity index (χ0) is 12.6. The number of furan rings is 1. The zero-order valence-electron chi connectivity index (χ0n) is 9.91. The highest BCUT2D eigenvalue weighted by atomic mass is 35.5. The van der Waals surface area contributed by atoms with Gasteiger partial charge in [-0.1, -0.05) is 11.6 Å². The smallest absolute Gasteiger partial charge is 0.342 e. The van der Waals surface area contributed by atoms with Crippen LogP contribution in [0.1, 0.15) is 31.1 Å². The molecule has 3 nitrogen and oxygen atoms in total. The van der Waals surface area contributed by atoms with Crippen molar-refractivity contribution >= 4 is 28.5 Å². The lowest BCUT2D eigenvalue weighted by Gasteiger charge is -2.18. The minimum Gasteiger partial charge on any atom is -0.463 e. The lowest BCUT2D eigenvalue weighted by molar-refractivity contribution is 0.00709. The van der Waals surface area contributed by atoms with Crippen LogP contribution < -0.4 is 0 Å². The number of hydrogen-bond acceptors (Lipinski definition) is 3. The van der Waals surface area contributed by atoms with Gasteiger partial charge in [-0.05, 0) is 39.0 Å². The summed E-state index contributed by atoms with van der Waals surface area (Å²) in [5.41, 5.74) is 0.492. The Kier molecular flexibility index (Phi) is 2.87. The molecule has 0 unspecified atom stereocenters. The fourth-order valence-electron chi connectivity index (χ4n) is 1.49. The van der Waals surface area contributed by atoms with Gasteiger partial charge in [0.1, 0.15) is 23.0 Å². The van der Waals surface area contributed by atoms with Gasteiger partial charge in [0.15, 0.2) is 0 Å². The first-order chi connectivity index (χ1) is 7.87. The Morgan fingerprint density at radius 2 is 2.06 bits per heavy atom. The van der Waals surface area contributed by atoms with E-state index in [1.54, 1.807) is 18.2 Å². The Bertz CT molecular complexity index is 564. The summed E-state index contributed by atoms with van der Waals surface area (Å²) in [6.45, 7) is 5.46. The van der Waals surface area contributed by atoms with Crippen molar-refractivity contribution in [2.24, 2.45) is 0 Å². The topological polar surface area (TPSA) is 39.4 Å². The van der Waals surface area contributed by atoms with Gasteiger partial charge >= 0.3 is 5.97 Å². The van der Waals surface area contributed by atoms with E-state index in [2.05, 4.69) is 0 Å². The summed E-state index contributed by atoms with van der Waals surface area (Å²) < 4.78 is 10.6. The third-order valence-electron chi connectivity index (χ3n) is 2.15. The van der Waals surface area contributed by atoms with Gasteiger partial charge in [0, 0.05) is 10.4 Å². The van der Waals surface area contributed by atoms with Gasteiger partial charge in [0.05, 0.1) is 0 Å². The average Bonchev–Trinajstić information content (AvgIpc) is 2.57. The van der Waals surface area contributed by atoms with Crippen LogP contribution in [0.2, 0.25) is 5.02 Å². The van der Waals surface area contributed by atoms with Crippen LogP contribution in [0.25, 0.3) is 11.0 Å². The third-order valence-corrected chi connectivity index (χ3v) is 2.39. The molecule has 0 N–H and O–H groups in total. The number of hydrogen-bond donors (Lipinski definition) is 0. The minimum atomic E-state index is -0.529. The molecule has 90 valence electrons. The van der Waals surface area contributed by atoms with E-state index >= 15 is 0 Å². The molecule has 0 radical (unpaired) electrons. The van der Waals surface area contributed by atoms with E-state index in [1.165, 1.54) is 6.26 Å². The zero-order valence-corrected chi connectivity index (χ0v) is 10.7. The maximum Gasteiger partial charge on any atom is 0.342 e. The molecule has 4 heteroatoms. The van der Waals surface area contributed by atoms with E-state index in [0.717, 1.165) is 0 Å². The van der Waals surface area contributed by atoms with Gasteiger partial charge in [0.25, 0.3) is 0 Å². The Labute approximate surface area is 104 Å². The second-order valence-corrected chi connectivity index (χ2v) is 5.23. The van der Waals surface area contributed by atoms with Crippen LogP contribution in [0.4, 0.5) is 0 Å². The number of benzene rings is 1. The summed E-state index contributed by atoms with van der Waals surface area (Å²) in [5.74, 6) is -0.404. The van der Waals surface area contributed by atoms with E-state index in [-0.39, 0.29) is 0 Å². The SMILES string of the molecule is CC(C)(C)OC(=O)c1coc2ccc(Cl)cc12. The molecule has 0 saturated heterocycles. The summed E-state index contributed by atoms with van der Waals surface area (Å²) in [5, 5.41) is 1.23. The first kappa shape index (κ1) is 12.0. The number of rotatable bonds is 1. The molecular formula is C13H13ClO3. The highest BCUT2D eigenvalue weighted by molar-refractivity contribution is 6.31. The van der Waals surface area contributed by atoms with Gasteiger partial charge in [0.2, 0.25) is 0 Å². The molecule has 2 aromatic rings. The van der Waals surface area contributed by atoms with Gasteiger partial charge in [-0.25, -0.2) is 4.79 Å². The van der Waals surface area contributed by atoms with Crippen LogP contribution in [0.15, 0.2) is 28.9 Å². The van der Waals surface area contributed by atoms with Crippen LogP contribution in [-0.4, -0.2) is 11.6 Å². The van der Waals surface area contributed by atoms with Crippen LogP contribution in [0.5, 0.6) is 0 Å². The largest absolute Gasteiger partial charge is 0.463 e. The first-order valence-electron chi connectivity index (χ1n) is 5.27. The number of carbonyl (C=O) groups excluding carboxylic acids is 1. The van der Waals surface area contributed by atoms with Crippen molar-refractivity contribution in [3.8, 4) is 0 Å². The Morgan fingerprint density at radius 1 is 1.35 bits per heavy atom. The van der Waals surface area contributed by atoms with Crippen LogP contribution in [0.3, 0.4) is 0 Å². The second-order valence-electron chi connectivity index (χ2n) is 4.79. The summed E-state index contributed by atoms with van der Waals surface area (Å²) in [6.07, 6.45) is 1.40. The molecule has 1 aromatic carbocycles. The van der Waals surface area contributed by atoms with Gasteiger partial charge in [-0.2, -0.15) is 0 Å². The molecule has 1 aromatic heterocycles. The van der Waals surface area contributed by atoms with Gasteiger partial charge < -0.3 is 9.15 Å². The number of carbonyl (C=O) groups is 1. The van der Waals surface area contributed by atoms with Crippen molar-refractivity contribution in [2.45, 2.75) is 26.4 Å².